The molecule has 9 heteroatoms. The fourth-order valence-electron chi connectivity index (χ4n) is 3.53. The monoisotopic (exact) mass is 405 g/mol. The van der Waals surface area contributed by atoms with Crippen LogP contribution in [-0.2, 0) is 11.8 Å². The second-order valence-corrected chi connectivity index (χ2v) is 6.77. The van der Waals surface area contributed by atoms with Gasteiger partial charge in [0.1, 0.15) is 0 Å². The molecule has 148 valence electrons. The number of rotatable bonds is 4. The van der Waals surface area contributed by atoms with Crippen molar-refractivity contribution >= 4 is 36.5 Å². The third-order valence-corrected chi connectivity index (χ3v) is 5.16. The van der Waals surface area contributed by atoms with Gasteiger partial charge in [0.2, 0.25) is 5.91 Å². The smallest absolute Gasteiger partial charge is 0.293 e. The van der Waals surface area contributed by atoms with E-state index in [-0.39, 0.29) is 36.3 Å². The Bertz CT molecular complexity index is 626. The lowest BCUT2D eigenvalue weighted by Gasteiger charge is -2.35. The Kier molecular flexibility index (Phi) is 9.39. The zero-order valence-corrected chi connectivity index (χ0v) is 16.9. The number of anilines is 1. The molecule has 0 unspecified atom stereocenters. The number of hydrogen-bond donors (Lipinski definition) is 1. The summed E-state index contributed by atoms with van der Waals surface area (Å²) in [5.41, 5.74) is -0.0804. The minimum Gasteiger partial charge on any atom is -0.348 e. The molecule has 1 amide bonds. The largest absolute Gasteiger partial charge is 0.348 e. The first-order valence-electron chi connectivity index (χ1n) is 8.90. The third kappa shape index (κ3) is 5.59. The van der Waals surface area contributed by atoms with Gasteiger partial charge < -0.3 is 19.7 Å². The van der Waals surface area contributed by atoms with E-state index in [0.29, 0.717) is 44.3 Å². The Hall–Kier alpha value is -1.31. The summed E-state index contributed by atoms with van der Waals surface area (Å²) in [4.78, 5) is 32.7. The molecule has 0 aliphatic carbocycles. The average molecular weight is 406 g/mol. The minimum absolute atomic E-state index is 0. The molecule has 2 aliphatic rings. The summed E-state index contributed by atoms with van der Waals surface area (Å²) < 4.78 is 1.54. The molecule has 0 spiro atoms. The number of halogens is 2. The van der Waals surface area contributed by atoms with E-state index in [9.17, 15) is 9.59 Å². The number of piperidine rings is 1. The van der Waals surface area contributed by atoms with Crippen molar-refractivity contribution in [2.45, 2.75) is 25.7 Å². The van der Waals surface area contributed by atoms with Gasteiger partial charge in [-0.2, -0.15) is 0 Å². The normalized spacial score (nSPS) is 18.0. The molecular weight excluding hydrogens is 377 g/mol. The lowest BCUT2D eigenvalue weighted by molar-refractivity contribution is -0.131. The van der Waals surface area contributed by atoms with Crippen LogP contribution in [0.15, 0.2) is 17.2 Å². The van der Waals surface area contributed by atoms with E-state index >= 15 is 0 Å². The van der Waals surface area contributed by atoms with E-state index in [0.717, 1.165) is 19.5 Å². The fraction of sp³-hybridized carbons (Fsp3) is 0.706. The summed E-state index contributed by atoms with van der Waals surface area (Å²) in [6.45, 7) is 4.85. The van der Waals surface area contributed by atoms with Crippen LogP contribution in [0.4, 0.5) is 5.82 Å². The number of nitrogens with one attached hydrogen (secondary N) is 1. The van der Waals surface area contributed by atoms with Gasteiger partial charge in [-0.05, 0) is 38.3 Å². The first-order chi connectivity index (χ1) is 11.6. The quantitative estimate of drug-likeness (QED) is 0.810. The molecule has 0 radical (unpaired) electrons. The van der Waals surface area contributed by atoms with Crippen molar-refractivity contribution in [3.63, 3.8) is 0 Å². The minimum atomic E-state index is -0.0804. The van der Waals surface area contributed by atoms with Gasteiger partial charge >= 0.3 is 0 Å². The first kappa shape index (κ1) is 22.7. The predicted octanol–water partition coefficient (Wildman–Crippen LogP) is 1.05. The molecule has 2 saturated heterocycles. The van der Waals surface area contributed by atoms with Gasteiger partial charge in [0.15, 0.2) is 5.82 Å². The second-order valence-electron chi connectivity index (χ2n) is 6.77. The van der Waals surface area contributed by atoms with Crippen molar-refractivity contribution in [2.24, 2.45) is 13.0 Å². The van der Waals surface area contributed by atoms with E-state index in [1.807, 2.05) is 9.80 Å². The van der Waals surface area contributed by atoms with Gasteiger partial charge in [-0.15, -0.1) is 24.8 Å². The molecule has 7 nitrogen and oxygen atoms in total. The second kappa shape index (κ2) is 10.7. The molecule has 0 bridgehead atoms. The Morgan fingerprint density at radius 3 is 2.50 bits per heavy atom. The van der Waals surface area contributed by atoms with Crippen LogP contribution >= 0.6 is 24.8 Å². The number of aromatic nitrogens is 2. The predicted molar refractivity (Wildman–Crippen MR) is 108 cm³/mol. The highest BCUT2D eigenvalue weighted by atomic mass is 35.5. The van der Waals surface area contributed by atoms with Gasteiger partial charge in [-0.3, -0.25) is 9.59 Å². The zero-order chi connectivity index (χ0) is 16.9. The van der Waals surface area contributed by atoms with E-state index in [4.69, 9.17) is 0 Å². The lowest BCUT2D eigenvalue weighted by atomic mass is 9.93. The van der Waals surface area contributed by atoms with Gasteiger partial charge in [0.25, 0.3) is 5.56 Å². The van der Waals surface area contributed by atoms with E-state index in [1.165, 1.54) is 12.8 Å². The number of piperazine rings is 1. The Balaban J connectivity index is 0.00000169. The highest BCUT2D eigenvalue weighted by molar-refractivity contribution is 5.85. The number of nitrogens with zero attached hydrogens (tertiary/aromatic N) is 4. The maximum absolute atomic E-state index is 12.4. The molecule has 1 aromatic heterocycles. The Labute approximate surface area is 167 Å². The van der Waals surface area contributed by atoms with Gasteiger partial charge in [0.05, 0.1) is 0 Å². The van der Waals surface area contributed by atoms with Crippen molar-refractivity contribution in [3.05, 3.63) is 22.7 Å². The van der Waals surface area contributed by atoms with E-state index < -0.39 is 0 Å². The maximum atomic E-state index is 12.4. The number of hydrogen-bond acceptors (Lipinski definition) is 5. The Morgan fingerprint density at radius 1 is 1.19 bits per heavy atom. The summed E-state index contributed by atoms with van der Waals surface area (Å²) in [5, 5.41) is 3.36. The SMILES string of the molecule is Cl.Cl.Cn1ccnc(N2CCN(C(=O)CCC3CCNCC3)CC2)c1=O. The number of amides is 1. The molecule has 0 saturated carbocycles. The highest BCUT2D eigenvalue weighted by Crippen LogP contribution is 2.19. The van der Waals surface area contributed by atoms with Crippen LogP contribution in [0.25, 0.3) is 0 Å². The number of carbonyl (C=O) groups excluding carboxylic acids is 1. The molecule has 0 aromatic carbocycles. The topological polar surface area (TPSA) is 70.5 Å². The Morgan fingerprint density at radius 2 is 1.85 bits per heavy atom. The lowest BCUT2D eigenvalue weighted by Crippen LogP contribution is -2.50. The molecule has 26 heavy (non-hydrogen) atoms. The standard InChI is InChI=1S/C17H27N5O2.2ClH/c1-20-9-8-19-16(17(20)24)22-12-10-21(11-13-22)15(23)3-2-14-4-6-18-7-5-14;;/h8-9,14,18H,2-7,10-13H2,1H3;2*1H. The van der Waals surface area contributed by atoms with Crippen molar-refractivity contribution in [1.29, 1.82) is 0 Å². The highest BCUT2D eigenvalue weighted by Gasteiger charge is 2.24. The summed E-state index contributed by atoms with van der Waals surface area (Å²) in [6, 6.07) is 0. The van der Waals surface area contributed by atoms with E-state index in [2.05, 4.69) is 10.3 Å². The van der Waals surface area contributed by atoms with Crippen LogP contribution in [-0.4, -0.2) is 59.6 Å². The van der Waals surface area contributed by atoms with Crippen molar-refractivity contribution in [3.8, 4) is 0 Å². The molecule has 2 fully saturated rings. The van der Waals surface area contributed by atoms with Crippen LogP contribution in [0.3, 0.4) is 0 Å². The van der Waals surface area contributed by atoms with Crippen molar-refractivity contribution in [2.75, 3.05) is 44.2 Å². The van der Waals surface area contributed by atoms with Crippen LogP contribution in [0, 0.1) is 5.92 Å². The molecular formula is C17H29Cl2N5O2. The summed E-state index contributed by atoms with van der Waals surface area (Å²) in [7, 11) is 1.73. The van der Waals surface area contributed by atoms with E-state index in [1.54, 1.807) is 24.0 Å². The van der Waals surface area contributed by atoms with Gasteiger partial charge in [0, 0.05) is 52.0 Å². The third-order valence-electron chi connectivity index (χ3n) is 5.16. The van der Waals surface area contributed by atoms with Crippen LogP contribution in [0.1, 0.15) is 25.7 Å². The fourth-order valence-corrected chi connectivity index (χ4v) is 3.53. The molecule has 0 atom stereocenters. The van der Waals surface area contributed by atoms with Crippen molar-refractivity contribution < 1.29 is 4.79 Å². The summed E-state index contributed by atoms with van der Waals surface area (Å²) in [6.07, 6.45) is 7.32. The summed E-state index contributed by atoms with van der Waals surface area (Å²) in [5.74, 6) is 1.43. The maximum Gasteiger partial charge on any atom is 0.293 e. The van der Waals surface area contributed by atoms with Crippen molar-refractivity contribution in [1.82, 2.24) is 19.8 Å². The molecule has 3 rings (SSSR count). The number of aryl methyl sites for hydroxylation is 1. The van der Waals surface area contributed by atoms with Gasteiger partial charge in [-0.25, -0.2) is 4.98 Å². The first-order valence-corrected chi connectivity index (χ1v) is 8.90. The summed E-state index contributed by atoms with van der Waals surface area (Å²) >= 11 is 0. The zero-order valence-electron chi connectivity index (χ0n) is 15.2. The molecule has 3 heterocycles. The van der Waals surface area contributed by atoms with Crippen LogP contribution in [0.5, 0.6) is 0 Å². The molecule has 1 aromatic rings. The van der Waals surface area contributed by atoms with Crippen LogP contribution in [0.2, 0.25) is 0 Å². The van der Waals surface area contributed by atoms with Gasteiger partial charge in [-0.1, -0.05) is 0 Å². The molecule has 2 aliphatic heterocycles. The average Bonchev–Trinajstić information content (AvgIpc) is 2.63. The molecule has 1 N–H and O–H groups in total. The number of carbonyl (C=O) groups is 1. The van der Waals surface area contributed by atoms with Crippen LogP contribution < -0.4 is 15.8 Å².